The van der Waals surface area contributed by atoms with Gasteiger partial charge in [0.25, 0.3) is 0 Å². The Labute approximate surface area is 180 Å². The molecule has 0 amide bonds. The van der Waals surface area contributed by atoms with E-state index < -0.39 is 6.43 Å². The van der Waals surface area contributed by atoms with E-state index in [1.54, 1.807) is 24.5 Å². The normalized spacial score (nSPS) is 18.9. The summed E-state index contributed by atoms with van der Waals surface area (Å²) in [5, 5.41) is 11.5. The monoisotopic (exact) mass is 425 g/mol. The molecule has 162 valence electrons. The Morgan fingerprint density at radius 2 is 1.81 bits per heavy atom. The van der Waals surface area contributed by atoms with Crippen LogP contribution in [0.15, 0.2) is 54.9 Å². The van der Waals surface area contributed by atoms with Gasteiger partial charge in [0.2, 0.25) is 6.43 Å². The van der Waals surface area contributed by atoms with Crippen LogP contribution in [0.5, 0.6) is 0 Å². The van der Waals surface area contributed by atoms with Crippen LogP contribution in [0.4, 0.5) is 26.1 Å². The minimum Gasteiger partial charge on any atom is -0.372 e. The Balaban J connectivity index is 1.49. The highest BCUT2D eigenvalue weighted by Crippen LogP contribution is 2.25. The molecule has 1 N–H and O–H groups in total. The number of ether oxygens (including phenoxy) is 1. The maximum absolute atomic E-state index is 12.5. The lowest BCUT2D eigenvalue weighted by Gasteiger charge is -2.36. The van der Waals surface area contributed by atoms with Crippen LogP contribution < -0.4 is 10.2 Å². The van der Waals surface area contributed by atoms with E-state index in [-0.39, 0.29) is 18.6 Å². The quantitative estimate of drug-likeness (QED) is 0.618. The lowest BCUT2D eigenvalue weighted by atomic mass is 10.0. The summed E-state index contributed by atoms with van der Waals surface area (Å²) in [6.07, 6.45) is 1.13. The molecule has 0 aliphatic carbocycles. The second-order valence-corrected chi connectivity index (χ2v) is 7.81. The van der Waals surface area contributed by atoms with Crippen molar-refractivity contribution in [2.45, 2.75) is 38.9 Å². The number of alkyl halides is 2. The van der Waals surface area contributed by atoms with Gasteiger partial charge in [-0.3, -0.25) is 0 Å². The van der Waals surface area contributed by atoms with Gasteiger partial charge in [-0.25, -0.2) is 13.8 Å². The van der Waals surface area contributed by atoms with Crippen molar-refractivity contribution in [3.8, 4) is 11.1 Å². The van der Waals surface area contributed by atoms with E-state index in [9.17, 15) is 8.78 Å². The van der Waals surface area contributed by atoms with Crippen molar-refractivity contribution >= 4 is 17.3 Å². The van der Waals surface area contributed by atoms with Crippen molar-refractivity contribution < 1.29 is 13.5 Å². The molecule has 4 rings (SSSR count). The Hall–Kier alpha value is -3.13. The van der Waals surface area contributed by atoms with Crippen molar-refractivity contribution in [1.82, 2.24) is 15.2 Å². The molecule has 0 spiro atoms. The highest BCUT2D eigenvalue weighted by Gasteiger charge is 2.23. The molecule has 0 saturated carbocycles. The summed E-state index contributed by atoms with van der Waals surface area (Å²) in [4.78, 5) is 6.72. The number of hydrogen-bond acceptors (Lipinski definition) is 6. The molecule has 1 aromatic carbocycles. The number of benzene rings is 1. The summed E-state index contributed by atoms with van der Waals surface area (Å²) in [5.41, 5.74) is 3.21. The molecule has 8 heteroatoms. The van der Waals surface area contributed by atoms with Crippen LogP contribution in [-0.4, -0.2) is 46.9 Å². The minimum absolute atomic E-state index is 0.150. The first kappa shape index (κ1) is 21.1. The van der Waals surface area contributed by atoms with E-state index >= 15 is 0 Å². The van der Waals surface area contributed by atoms with Crippen LogP contribution in [0.25, 0.3) is 11.1 Å². The van der Waals surface area contributed by atoms with Gasteiger partial charge >= 0.3 is 0 Å². The fraction of sp³-hybridized carbons (Fsp3) is 0.348. The van der Waals surface area contributed by atoms with Crippen molar-refractivity contribution in [1.29, 1.82) is 0 Å². The summed E-state index contributed by atoms with van der Waals surface area (Å²) in [6.45, 7) is 5.70. The van der Waals surface area contributed by atoms with Gasteiger partial charge in [-0.15, -0.1) is 5.10 Å². The Kier molecular flexibility index (Phi) is 6.36. The van der Waals surface area contributed by atoms with E-state index in [4.69, 9.17) is 4.74 Å². The number of hydrogen-bond donors (Lipinski definition) is 1. The zero-order valence-corrected chi connectivity index (χ0v) is 17.5. The van der Waals surface area contributed by atoms with Gasteiger partial charge in [-0.05, 0) is 37.1 Å². The Bertz CT molecular complexity index is 1000. The molecule has 0 bridgehead atoms. The maximum atomic E-state index is 12.5. The summed E-state index contributed by atoms with van der Waals surface area (Å²) in [7, 11) is 0. The van der Waals surface area contributed by atoms with Gasteiger partial charge in [0.15, 0.2) is 5.82 Å². The Morgan fingerprint density at radius 3 is 2.52 bits per heavy atom. The van der Waals surface area contributed by atoms with Gasteiger partial charge in [-0.1, -0.05) is 24.3 Å². The third-order valence-electron chi connectivity index (χ3n) is 5.09. The first-order valence-electron chi connectivity index (χ1n) is 10.3. The zero-order valence-electron chi connectivity index (χ0n) is 17.5. The van der Waals surface area contributed by atoms with Gasteiger partial charge in [0.1, 0.15) is 5.82 Å². The standard InChI is InChI=1S/C23H25F2N5O/c1-15-13-30(14-16(2)31-15)23-11-20(7-8-26-23)28-22-10-19(12-27-29-22)18-5-3-17(4-6-18)9-21(24)25/h3-8,10-12,15-16,21H,9,13-14H2,1-2H3,(H,26,28,29)/t15-,16+. The van der Waals surface area contributed by atoms with Crippen LogP contribution in [-0.2, 0) is 11.2 Å². The molecule has 1 fully saturated rings. The third-order valence-corrected chi connectivity index (χ3v) is 5.09. The molecule has 3 heterocycles. The lowest BCUT2D eigenvalue weighted by Crippen LogP contribution is -2.45. The first-order chi connectivity index (χ1) is 15.0. The number of aromatic nitrogens is 3. The molecule has 0 radical (unpaired) electrons. The number of rotatable bonds is 6. The number of anilines is 3. The predicted octanol–water partition coefficient (Wildman–Crippen LogP) is 4.70. The fourth-order valence-electron chi connectivity index (χ4n) is 3.78. The van der Waals surface area contributed by atoms with E-state index in [1.165, 1.54) is 0 Å². The third kappa shape index (κ3) is 5.52. The van der Waals surface area contributed by atoms with Crippen LogP contribution in [0, 0.1) is 0 Å². The molecule has 31 heavy (non-hydrogen) atoms. The smallest absolute Gasteiger partial charge is 0.242 e. The summed E-state index contributed by atoms with van der Waals surface area (Å²) < 4.78 is 30.9. The van der Waals surface area contributed by atoms with Crippen molar-refractivity contribution in [3.63, 3.8) is 0 Å². The SMILES string of the molecule is C[C@@H]1CN(c2cc(Nc3cc(-c4ccc(CC(F)F)cc4)cnn3)ccn2)C[C@H](C)O1. The molecule has 0 unspecified atom stereocenters. The molecular formula is C23H25F2N5O. The molecule has 6 nitrogen and oxygen atoms in total. The molecule has 2 atom stereocenters. The topological polar surface area (TPSA) is 63.2 Å². The lowest BCUT2D eigenvalue weighted by molar-refractivity contribution is -0.00545. The van der Waals surface area contributed by atoms with Gasteiger partial charge < -0.3 is 15.0 Å². The molecule has 3 aromatic rings. The molecule has 2 aromatic heterocycles. The number of halogens is 2. The number of nitrogens with zero attached hydrogens (tertiary/aromatic N) is 4. The highest BCUT2D eigenvalue weighted by atomic mass is 19.3. The van der Waals surface area contributed by atoms with Crippen LogP contribution in [0.3, 0.4) is 0 Å². The minimum atomic E-state index is -2.35. The second kappa shape index (κ2) is 9.34. The van der Waals surface area contributed by atoms with Crippen molar-refractivity contribution in [2.24, 2.45) is 0 Å². The van der Waals surface area contributed by atoms with Gasteiger partial charge in [0, 0.05) is 43.0 Å². The van der Waals surface area contributed by atoms with E-state index in [0.717, 1.165) is 35.7 Å². The largest absolute Gasteiger partial charge is 0.372 e. The van der Waals surface area contributed by atoms with E-state index in [2.05, 4.69) is 39.2 Å². The maximum Gasteiger partial charge on any atom is 0.242 e. The summed E-state index contributed by atoms with van der Waals surface area (Å²) >= 11 is 0. The van der Waals surface area contributed by atoms with Crippen LogP contribution >= 0.6 is 0 Å². The molecule has 1 aliphatic rings. The zero-order chi connectivity index (χ0) is 21.8. The van der Waals surface area contributed by atoms with E-state index in [0.29, 0.717) is 11.4 Å². The van der Waals surface area contributed by atoms with Crippen molar-refractivity contribution in [3.05, 3.63) is 60.4 Å². The molecule has 1 saturated heterocycles. The van der Waals surface area contributed by atoms with Crippen LogP contribution in [0.2, 0.25) is 0 Å². The average Bonchev–Trinajstić information content (AvgIpc) is 2.74. The second-order valence-electron chi connectivity index (χ2n) is 7.81. The highest BCUT2D eigenvalue weighted by molar-refractivity contribution is 5.68. The molecule has 1 aliphatic heterocycles. The molecular weight excluding hydrogens is 400 g/mol. The van der Waals surface area contributed by atoms with Crippen LogP contribution in [0.1, 0.15) is 19.4 Å². The number of pyridine rings is 1. The first-order valence-corrected chi connectivity index (χ1v) is 10.3. The summed E-state index contributed by atoms with van der Waals surface area (Å²) in [6, 6.07) is 12.8. The predicted molar refractivity (Wildman–Crippen MR) is 117 cm³/mol. The Morgan fingerprint density at radius 1 is 1.06 bits per heavy atom. The summed E-state index contributed by atoms with van der Waals surface area (Å²) in [5.74, 6) is 1.47. The number of nitrogens with one attached hydrogen (secondary N) is 1. The fourth-order valence-corrected chi connectivity index (χ4v) is 3.78. The average molecular weight is 425 g/mol. The van der Waals surface area contributed by atoms with Gasteiger partial charge in [-0.2, -0.15) is 5.10 Å². The van der Waals surface area contributed by atoms with Crippen molar-refractivity contribution in [2.75, 3.05) is 23.3 Å². The van der Waals surface area contributed by atoms with E-state index in [1.807, 2.05) is 30.3 Å². The van der Waals surface area contributed by atoms with Gasteiger partial charge in [0.05, 0.1) is 18.4 Å². The number of morpholine rings is 1.